The van der Waals surface area contributed by atoms with Crippen LogP contribution in [0.1, 0.15) is 53.9 Å². The van der Waals surface area contributed by atoms with Gasteiger partial charge in [-0.1, -0.05) is 40.7 Å². The van der Waals surface area contributed by atoms with E-state index < -0.39 is 0 Å². The van der Waals surface area contributed by atoms with Gasteiger partial charge in [0, 0.05) is 24.4 Å². The summed E-state index contributed by atoms with van der Waals surface area (Å²) in [6, 6.07) is 0.0506. The molecule has 4 atom stereocenters. The molecule has 1 aliphatic rings. The molecule has 0 radical (unpaired) electrons. The molecule has 0 aliphatic carbocycles. The number of amides is 2. The Balaban J connectivity index is 2.78. The molecule has 132 valence electrons. The molecule has 2 N–H and O–H groups in total. The molecular formula is C19H34N2O2. The maximum Gasteiger partial charge on any atom is 0.223 e. The van der Waals surface area contributed by atoms with Crippen LogP contribution in [0.4, 0.5) is 0 Å². The van der Waals surface area contributed by atoms with Crippen LogP contribution in [0.5, 0.6) is 0 Å². The summed E-state index contributed by atoms with van der Waals surface area (Å²) in [7, 11) is 0. The Bertz CT molecular complexity index is 418. The first-order chi connectivity index (χ1) is 10.8. The molecule has 0 aromatic heterocycles. The lowest BCUT2D eigenvalue weighted by Crippen LogP contribution is -2.44. The van der Waals surface area contributed by atoms with Crippen LogP contribution < -0.4 is 10.6 Å². The molecule has 1 heterocycles. The highest BCUT2D eigenvalue weighted by molar-refractivity contribution is 5.80. The summed E-state index contributed by atoms with van der Waals surface area (Å²) < 4.78 is 0. The fourth-order valence-corrected chi connectivity index (χ4v) is 3.09. The van der Waals surface area contributed by atoms with E-state index in [4.69, 9.17) is 0 Å². The molecule has 1 rings (SSSR count). The maximum absolute atomic E-state index is 12.5. The van der Waals surface area contributed by atoms with Gasteiger partial charge >= 0.3 is 0 Å². The third-order valence-electron chi connectivity index (χ3n) is 5.01. The molecule has 2 amide bonds. The predicted octanol–water partition coefficient (Wildman–Crippen LogP) is 3.14. The predicted molar refractivity (Wildman–Crippen MR) is 94.8 cm³/mol. The van der Waals surface area contributed by atoms with Crippen LogP contribution in [-0.4, -0.2) is 24.4 Å². The van der Waals surface area contributed by atoms with E-state index >= 15 is 0 Å². The lowest BCUT2D eigenvalue weighted by molar-refractivity contribution is -0.126. The Morgan fingerprint density at radius 3 is 2.43 bits per heavy atom. The molecule has 1 saturated heterocycles. The van der Waals surface area contributed by atoms with Gasteiger partial charge in [0.05, 0.1) is 0 Å². The van der Waals surface area contributed by atoms with Gasteiger partial charge in [-0.2, -0.15) is 0 Å². The fourth-order valence-electron chi connectivity index (χ4n) is 3.09. The zero-order valence-corrected chi connectivity index (χ0v) is 15.4. The van der Waals surface area contributed by atoms with Gasteiger partial charge in [0.2, 0.25) is 11.8 Å². The molecule has 0 bridgehead atoms. The number of nitrogens with one attached hydrogen (secondary N) is 2. The molecule has 1 fully saturated rings. The van der Waals surface area contributed by atoms with Gasteiger partial charge in [-0.05, 0) is 37.0 Å². The minimum Gasteiger partial charge on any atom is -0.356 e. The number of hydrogen-bond donors (Lipinski definition) is 2. The molecule has 4 heteroatoms. The second kappa shape index (κ2) is 9.09. The van der Waals surface area contributed by atoms with Crippen LogP contribution in [0, 0.1) is 29.6 Å². The molecule has 1 aliphatic heterocycles. The van der Waals surface area contributed by atoms with E-state index in [1.807, 2.05) is 13.0 Å². The van der Waals surface area contributed by atoms with Gasteiger partial charge in [-0.25, -0.2) is 0 Å². The lowest BCUT2D eigenvalue weighted by atomic mass is 9.84. The highest BCUT2D eigenvalue weighted by Gasteiger charge is 2.31. The van der Waals surface area contributed by atoms with Gasteiger partial charge < -0.3 is 10.6 Å². The van der Waals surface area contributed by atoms with Gasteiger partial charge in [-0.15, -0.1) is 6.58 Å². The highest BCUT2D eigenvalue weighted by Crippen LogP contribution is 2.26. The summed E-state index contributed by atoms with van der Waals surface area (Å²) in [5, 5.41) is 6.12. The summed E-state index contributed by atoms with van der Waals surface area (Å²) in [5.41, 5.74) is 0. The second-order valence-corrected chi connectivity index (χ2v) is 7.69. The van der Waals surface area contributed by atoms with E-state index in [0.29, 0.717) is 11.8 Å². The number of carbonyl (C=O) groups is 2. The molecule has 0 spiro atoms. The topological polar surface area (TPSA) is 58.2 Å². The van der Waals surface area contributed by atoms with Crippen LogP contribution in [0.25, 0.3) is 0 Å². The van der Waals surface area contributed by atoms with Crippen molar-refractivity contribution in [3.63, 3.8) is 0 Å². The summed E-state index contributed by atoms with van der Waals surface area (Å²) >= 11 is 0. The second-order valence-electron chi connectivity index (χ2n) is 7.69. The Morgan fingerprint density at radius 1 is 1.35 bits per heavy atom. The van der Waals surface area contributed by atoms with E-state index in [0.717, 1.165) is 25.8 Å². The van der Waals surface area contributed by atoms with E-state index in [9.17, 15) is 9.59 Å². The maximum atomic E-state index is 12.5. The summed E-state index contributed by atoms with van der Waals surface area (Å²) in [5.74, 6) is 1.22. The average molecular weight is 322 g/mol. The Hall–Kier alpha value is -1.32. The van der Waals surface area contributed by atoms with E-state index in [1.54, 1.807) is 0 Å². The first-order valence-corrected chi connectivity index (χ1v) is 8.96. The van der Waals surface area contributed by atoms with Crippen molar-refractivity contribution in [2.24, 2.45) is 29.6 Å². The van der Waals surface area contributed by atoms with Crippen LogP contribution in [0.15, 0.2) is 12.7 Å². The number of rotatable bonds is 9. The van der Waals surface area contributed by atoms with Gasteiger partial charge in [0.15, 0.2) is 0 Å². The molecular weight excluding hydrogens is 288 g/mol. The molecule has 4 nitrogen and oxygen atoms in total. The fraction of sp³-hybridized carbons (Fsp3) is 0.789. The van der Waals surface area contributed by atoms with Crippen molar-refractivity contribution in [3.05, 3.63) is 12.7 Å². The largest absolute Gasteiger partial charge is 0.356 e. The van der Waals surface area contributed by atoms with Crippen molar-refractivity contribution in [2.75, 3.05) is 6.54 Å². The van der Waals surface area contributed by atoms with Crippen molar-refractivity contribution >= 4 is 11.8 Å². The highest BCUT2D eigenvalue weighted by atomic mass is 16.2. The number of carbonyl (C=O) groups excluding carboxylic acids is 2. The minimum atomic E-state index is -0.00935. The van der Waals surface area contributed by atoms with Gasteiger partial charge in [-0.3, -0.25) is 9.59 Å². The molecule has 0 saturated carbocycles. The van der Waals surface area contributed by atoms with Crippen LogP contribution in [0.2, 0.25) is 0 Å². The third-order valence-corrected chi connectivity index (χ3v) is 5.01. The summed E-state index contributed by atoms with van der Waals surface area (Å²) in [6.07, 6.45) is 4.47. The van der Waals surface area contributed by atoms with Crippen molar-refractivity contribution in [2.45, 2.75) is 59.9 Å². The average Bonchev–Trinajstić information content (AvgIpc) is 2.87. The van der Waals surface area contributed by atoms with Gasteiger partial charge in [0.1, 0.15) is 0 Å². The zero-order chi connectivity index (χ0) is 17.6. The minimum absolute atomic E-state index is 0.00935. The Kier molecular flexibility index (Phi) is 7.80. The lowest BCUT2D eigenvalue weighted by Gasteiger charge is -2.30. The normalized spacial score (nSPS) is 21.9. The van der Waals surface area contributed by atoms with E-state index in [2.05, 4.69) is 44.9 Å². The summed E-state index contributed by atoms with van der Waals surface area (Å²) in [4.78, 5) is 24.3. The van der Waals surface area contributed by atoms with Crippen LogP contribution >= 0.6 is 0 Å². The third kappa shape index (κ3) is 6.00. The van der Waals surface area contributed by atoms with Crippen molar-refractivity contribution in [1.29, 1.82) is 0 Å². The van der Waals surface area contributed by atoms with Crippen molar-refractivity contribution in [3.8, 4) is 0 Å². The van der Waals surface area contributed by atoms with E-state index in [-0.39, 0.29) is 35.6 Å². The SMILES string of the molecule is C=C[C@H](C[C@@H]1CCNC1=O)[C@H](CC(C)C)NC(=O)[C@@H](C)C(C)C. The van der Waals surface area contributed by atoms with Crippen molar-refractivity contribution < 1.29 is 9.59 Å². The molecule has 0 aromatic carbocycles. The monoisotopic (exact) mass is 322 g/mol. The number of hydrogen-bond acceptors (Lipinski definition) is 2. The van der Waals surface area contributed by atoms with E-state index in [1.165, 1.54) is 0 Å². The first-order valence-electron chi connectivity index (χ1n) is 8.96. The zero-order valence-electron chi connectivity index (χ0n) is 15.4. The van der Waals surface area contributed by atoms with Gasteiger partial charge in [0.25, 0.3) is 0 Å². The first kappa shape index (κ1) is 19.7. The molecule has 0 aromatic rings. The van der Waals surface area contributed by atoms with Crippen LogP contribution in [0.3, 0.4) is 0 Å². The van der Waals surface area contributed by atoms with Crippen LogP contribution in [-0.2, 0) is 9.59 Å². The molecule has 0 unspecified atom stereocenters. The Labute approximate surface area is 141 Å². The standard InChI is InChI=1S/C19H34N2O2/c1-7-15(11-16-8-9-20-19(16)23)17(10-12(2)3)21-18(22)14(6)13(4)5/h7,12-17H,1,8-11H2,2-6H3,(H,20,23)(H,21,22)/t14-,15+,16-,17-/m0/s1. The Morgan fingerprint density at radius 2 is 2.00 bits per heavy atom. The smallest absolute Gasteiger partial charge is 0.223 e. The quantitative estimate of drug-likeness (QED) is 0.641. The molecule has 23 heavy (non-hydrogen) atoms. The summed E-state index contributed by atoms with van der Waals surface area (Å²) in [6.45, 7) is 15.1. The van der Waals surface area contributed by atoms with Crippen molar-refractivity contribution in [1.82, 2.24) is 10.6 Å².